The summed E-state index contributed by atoms with van der Waals surface area (Å²) in [6, 6.07) is 44.4. The topological polar surface area (TPSA) is 97.5 Å². The Morgan fingerprint density at radius 3 is 0.985 bits per heavy atom. The summed E-state index contributed by atoms with van der Waals surface area (Å²) >= 11 is 1.62. The van der Waals surface area contributed by atoms with E-state index in [9.17, 15) is 4.79 Å². The SMILES string of the molecule is CCCCCCCCCCCCCC=O.CCCCCCCCCCCCN.CN(CC[PH+](c1ccccc1)c1ccccc1)CC[PH+](c1ccccc1)c1ccccc1.O=C=O.[CH-]=O.[Cl][RuH+2].[HH]. The van der Waals surface area contributed by atoms with Crippen molar-refractivity contribution in [3.05, 3.63) is 121 Å². The molecule has 0 atom stereocenters. The van der Waals surface area contributed by atoms with Gasteiger partial charge >= 0.3 is 33.2 Å². The Morgan fingerprint density at radius 1 is 0.507 bits per heavy atom. The van der Waals surface area contributed by atoms with Gasteiger partial charge in [0.2, 0.25) is 0 Å². The van der Waals surface area contributed by atoms with Crippen LogP contribution in [0.5, 0.6) is 0 Å². The van der Waals surface area contributed by atoms with Gasteiger partial charge in [0.05, 0.1) is 49.4 Å². The largest absolute Gasteiger partial charge is 0 e. The van der Waals surface area contributed by atoms with E-state index in [-0.39, 0.29) is 7.58 Å². The summed E-state index contributed by atoms with van der Waals surface area (Å²) in [5, 5.41) is 6.04. The van der Waals surface area contributed by atoms with E-state index >= 15 is 0 Å². The zero-order valence-corrected chi connectivity index (χ0v) is 46.3. The average molecular weight is 1070 g/mol. The van der Waals surface area contributed by atoms with Gasteiger partial charge in [-0.3, -0.25) is 11.7 Å². The van der Waals surface area contributed by atoms with Gasteiger partial charge in [0.25, 0.3) is 0 Å². The normalized spacial score (nSPS) is 10.1. The Bertz CT molecular complexity index is 1440. The summed E-state index contributed by atoms with van der Waals surface area (Å²) in [4.78, 5) is 36.6. The molecule has 2 N–H and O–H groups in total. The molecule has 0 bridgehead atoms. The van der Waals surface area contributed by atoms with Crippen molar-refractivity contribution < 1.29 is 37.9 Å². The molecule has 10 heteroatoms. The number of carbonyl (C=O) groups is 1. The molecule has 6 nitrogen and oxygen atoms in total. The number of nitrogens with zero attached hydrogens (tertiary/aromatic N) is 1. The first-order valence-corrected chi connectivity index (χ1v) is 31.0. The molecule has 4 aromatic carbocycles. The minimum atomic E-state index is -0.769. The molecule has 0 radical (unpaired) electrons. The third-order valence-corrected chi connectivity index (χ3v) is 17.0. The maximum atomic E-state index is 10.1. The van der Waals surface area contributed by atoms with Crippen LogP contribution in [-0.4, -0.2) is 63.1 Å². The predicted octanol–water partition coefficient (Wildman–Crippen LogP) is 13.2. The van der Waals surface area contributed by atoms with E-state index < -0.39 is 15.8 Å². The van der Waals surface area contributed by atoms with Gasteiger partial charge in [-0.05, 0) is 75.0 Å². The van der Waals surface area contributed by atoms with Gasteiger partial charge in [-0.1, -0.05) is 209 Å². The molecule has 376 valence electrons. The molecule has 4 rings (SSSR count). The number of rotatable bonds is 32. The summed E-state index contributed by atoms with van der Waals surface area (Å²) in [6.07, 6.45) is 33.3. The molecule has 0 heterocycles. The fraction of sp³-hybridized carbons (Fsp3) is 0.526. The van der Waals surface area contributed by atoms with Crippen LogP contribution in [0.2, 0.25) is 0 Å². The number of carbonyl (C=O) groups excluding carboxylic acids is 4. The van der Waals surface area contributed by atoms with Crippen molar-refractivity contribution in [1.82, 2.24) is 4.90 Å². The minimum absolute atomic E-state index is 0. The van der Waals surface area contributed by atoms with Crippen molar-refractivity contribution in [3.63, 3.8) is 0 Å². The Hall–Kier alpha value is -2.71. The summed E-state index contributed by atoms with van der Waals surface area (Å²) in [7, 11) is 5.37. The van der Waals surface area contributed by atoms with E-state index in [4.69, 9.17) is 20.1 Å². The first-order chi connectivity index (χ1) is 33.1. The fourth-order valence-electron chi connectivity index (χ4n) is 7.71. The maximum absolute atomic E-state index is 10.1. The molecule has 0 aromatic heterocycles. The second-order valence-electron chi connectivity index (χ2n) is 16.8. The standard InChI is InChI=1S/C29H31NP2.C14H28O.C12H27N.CO2.CHO.ClH.Ru.H2.H/c1-30(22-24-31(26-14-6-2-7-15-26)27-16-8-3-9-17-27)23-25-32(28-18-10-4-11-19-28)29-20-12-5-13-21-29;1-2-3-4-5-6-7-8-9-10-11-12-13-14-15;1-2-3-4-5-6-7-8-9-10-11-12-13;2-1-3;1-2;;;;/h2-21H,22-25H2,1H3;14H,2-13H2,1H3;2-13H2,1H3;;1H;1H;;1H;/q;;;;-1;;+3;;/p+1. The summed E-state index contributed by atoms with van der Waals surface area (Å²) in [6.45, 7) is 10.9. The Labute approximate surface area is 427 Å². The van der Waals surface area contributed by atoms with Crippen molar-refractivity contribution >= 4 is 66.0 Å². The molecule has 0 unspecified atom stereocenters. The molecule has 0 aliphatic heterocycles. The molecule has 67 heavy (non-hydrogen) atoms. The number of halogens is 1. The molecule has 0 amide bonds. The van der Waals surface area contributed by atoms with Crippen LogP contribution in [0.3, 0.4) is 0 Å². The Balaban J connectivity index is -0.000000985. The molecule has 0 saturated carbocycles. The average Bonchev–Trinajstić information content (AvgIpc) is 3.38. The second-order valence-corrected chi connectivity index (χ2v) is 22.0. The van der Waals surface area contributed by atoms with Gasteiger partial charge in [-0.2, -0.15) is 9.59 Å². The number of benzene rings is 4. The number of hydrogen-bond donors (Lipinski definition) is 1. The first kappa shape index (κ1) is 66.4. The van der Waals surface area contributed by atoms with Crippen molar-refractivity contribution in [2.75, 3.05) is 39.0 Å². The molecule has 0 saturated heterocycles. The summed E-state index contributed by atoms with van der Waals surface area (Å²) < 4.78 is 0. The molecule has 0 fully saturated rings. The van der Waals surface area contributed by atoms with E-state index in [1.807, 2.05) is 0 Å². The zero-order valence-electron chi connectivity index (χ0n) is 41.7. The van der Waals surface area contributed by atoms with Crippen LogP contribution in [-0.2, 0) is 36.5 Å². The van der Waals surface area contributed by atoms with Crippen LogP contribution < -0.4 is 27.0 Å². The zero-order chi connectivity index (χ0) is 49.7. The van der Waals surface area contributed by atoms with Gasteiger partial charge < -0.3 is 15.3 Å². The summed E-state index contributed by atoms with van der Waals surface area (Å²) in [5.41, 5.74) is 5.42. The van der Waals surface area contributed by atoms with Gasteiger partial charge in [0.1, 0.15) is 6.29 Å². The second kappa shape index (κ2) is 54.2. The van der Waals surface area contributed by atoms with Gasteiger partial charge in [-0.15, -0.1) is 0 Å². The third-order valence-electron chi connectivity index (χ3n) is 11.5. The third kappa shape index (κ3) is 39.8. The van der Waals surface area contributed by atoms with Crippen molar-refractivity contribution in [2.24, 2.45) is 5.73 Å². The van der Waals surface area contributed by atoms with Gasteiger partial charge in [-0.25, -0.2) is 0 Å². The van der Waals surface area contributed by atoms with Gasteiger partial charge in [0, 0.05) is 20.9 Å². The molecule has 0 aliphatic carbocycles. The fourth-order valence-corrected chi connectivity index (χ4v) is 13.1. The minimum Gasteiger partial charge on any atom is 0 e. The predicted molar refractivity (Wildman–Crippen MR) is 297 cm³/mol. The number of aldehydes is 1. The van der Waals surface area contributed by atoms with E-state index in [1.54, 1.807) is 17.3 Å². The Morgan fingerprint density at radius 2 is 0.746 bits per heavy atom. The Kier molecular flexibility index (Phi) is 53.7. The summed E-state index contributed by atoms with van der Waals surface area (Å²) in [5.74, 6) is 0. The van der Waals surface area contributed by atoms with Crippen molar-refractivity contribution in [2.45, 2.75) is 155 Å². The van der Waals surface area contributed by atoms with Crippen LogP contribution in [0, 0.1) is 0 Å². The quantitative estimate of drug-likeness (QED) is 0.0172. The molecular formula is C57H92ClN2O4P2Ru+3. The van der Waals surface area contributed by atoms with Crippen LogP contribution in [0.1, 0.15) is 157 Å². The molecule has 4 aromatic rings. The number of nitrogens with two attached hydrogens (primary N) is 1. The van der Waals surface area contributed by atoms with Crippen LogP contribution in [0.15, 0.2) is 121 Å². The van der Waals surface area contributed by atoms with Crippen LogP contribution >= 0.6 is 25.5 Å². The number of hydrogen-bond acceptors (Lipinski definition) is 6. The van der Waals surface area contributed by atoms with E-state index in [1.165, 1.54) is 162 Å². The van der Waals surface area contributed by atoms with Crippen molar-refractivity contribution in [3.8, 4) is 0 Å². The monoisotopic (exact) mass is 1070 g/mol. The van der Waals surface area contributed by atoms with Crippen LogP contribution in [0.25, 0.3) is 0 Å². The molecule has 0 spiro atoms. The maximum Gasteiger partial charge on any atom is 0 e. The number of unbranched alkanes of at least 4 members (excludes halogenated alkanes) is 20. The van der Waals surface area contributed by atoms with E-state index in [0.717, 1.165) is 38.8 Å². The smallest absolute Gasteiger partial charge is 0 e. The van der Waals surface area contributed by atoms with E-state index in [2.05, 4.69) is 164 Å². The molecule has 0 aliphatic rings. The molecular weight excluding hydrogens is 975 g/mol. The van der Waals surface area contributed by atoms with Gasteiger partial charge in [0.15, 0.2) is 0 Å². The van der Waals surface area contributed by atoms with Crippen LogP contribution in [0.4, 0.5) is 0 Å². The van der Waals surface area contributed by atoms with Crippen molar-refractivity contribution in [1.29, 1.82) is 0 Å². The van der Waals surface area contributed by atoms with E-state index in [0.29, 0.717) is 0 Å². The first-order valence-electron chi connectivity index (χ1n) is 25.2.